The number of ether oxygens (including phenoxy) is 1. The van der Waals surface area contributed by atoms with E-state index >= 15 is 0 Å². The highest BCUT2D eigenvalue weighted by molar-refractivity contribution is 7.07. The van der Waals surface area contributed by atoms with Gasteiger partial charge < -0.3 is 9.64 Å². The van der Waals surface area contributed by atoms with Gasteiger partial charge in [0.1, 0.15) is 4.53 Å². The molecule has 0 aliphatic carbocycles. The summed E-state index contributed by atoms with van der Waals surface area (Å²) in [5.41, 5.74) is 3.24. The average molecular weight is 502 g/mol. The Morgan fingerprint density at radius 2 is 1.78 bits per heavy atom. The number of esters is 1. The summed E-state index contributed by atoms with van der Waals surface area (Å²) >= 11 is 1.19. The molecule has 0 fully saturated rings. The van der Waals surface area contributed by atoms with E-state index in [0.717, 1.165) is 29.7 Å². The van der Waals surface area contributed by atoms with Gasteiger partial charge in [0, 0.05) is 12.1 Å². The first-order valence-electron chi connectivity index (χ1n) is 12.2. The van der Waals surface area contributed by atoms with Gasteiger partial charge in [-0.2, -0.15) is 0 Å². The van der Waals surface area contributed by atoms with Gasteiger partial charge in [0.2, 0.25) is 0 Å². The number of thiazole rings is 1. The zero-order valence-electron chi connectivity index (χ0n) is 20.5. The van der Waals surface area contributed by atoms with Gasteiger partial charge in [-0.05, 0) is 31.9 Å². The second kappa shape index (κ2) is 9.70. The molecule has 0 radical (unpaired) electrons. The Balaban J connectivity index is 1.78. The molecule has 0 spiro atoms. The molecule has 36 heavy (non-hydrogen) atoms. The number of rotatable bonds is 6. The summed E-state index contributed by atoms with van der Waals surface area (Å²) in [6, 6.07) is 16.3. The van der Waals surface area contributed by atoms with E-state index in [2.05, 4.69) is 11.9 Å². The van der Waals surface area contributed by atoms with E-state index in [9.17, 15) is 14.4 Å². The fourth-order valence-corrected chi connectivity index (χ4v) is 5.97. The molecule has 5 rings (SSSR count). The van der Waals surface area contributed by atoms with E-state index < -0.39 is 12.0 Å². The quantitative estimate of drug-likeness (QED) is 0.486. The van der Waals surface area contributed by atoms with Crippen LogP contribution in [0, 0.1) is 0 Å². The van der Waals surface area contributed by atoms with Crippen LogP contribution in [0.2, 0.25) is 0 Å². The third-order valence-electron chi connectivity index (χ3n) is 6.49. The van der Waals surface area contributed by atoms with Crippen molar-refractivity contribution >= 4 is 34.5 Å². The third-order valence-corrected chi connectivity index (χ3v) is 7.55. The molecule has 0 unspecified atom stereocenters. The van der Waals surface area contributed by atoms with Crippen LogP contribution in [0.5, 0.6) is 0 Å². The molecule has 1 aromatic heterocycles. The van der Waals surface area contributed by atoms with Crippen LogP contribution >= 0.6 is 11.3 Å². The van der Waals surface area contributed by atoms with Crippen LogP contribution < -0.4 is 19.8 Å². The van der Waals surface area contributed by atoms with Crippen LogP contribution in [0.1, 0.15) is 50.8 Å². The Hall–Kier alpha value is -3.78. The Labute approximate surface area is 212 Å². The first-order valence-corrected chi connectivity index (χ1v) is 13.0. The molecule has 184 valence electrons. The molecule has 1 amide bonds. The van der Waals surface area contributed by atoms with E-state index in [4.69, 9.17) is 4.74 Å². The highest BCUT2D eigenvalue weighted by atomic mass is 32.1. The van der Waals surface area contributed by atoms with Gasteiger partial charge in [0.15, 0.2) is 4.80 Å². The fraction of sp³-hybridized carbons (Fsp3) is 0.286. The Kier molecular flexibility index (Phi) is 6.45. The summed E-state index contributed by atoms with van der Waals surface area (Å²) in [5, 5.41) is 0. The summed E-state index contributed by atoms with van der Waals surface area (Å²) < 4.78 is 7.22. The van der Waals surface area contributed by atoms with Crippen LogP contribution in [0.4, 0.5) is 5.69 Å². The number of nitrogens with zero attached hydrogens (tertiary/aromatic N) is 3. The predicted molar refractivity (Wildman–Crippen MR) is 139 cm³/mol. The summed E-state index contributed by atoms with van der Waals surface area (Å²) in [5.74, 6) is -0.675. The molecule has 1 atom stereocenters. The molecule has 2 aromatic carbocycles. The molecule has 8 heteroatoms. The molecule has 0 bridgehead atoms. The standard InChI is InChI=1S/C28H27N3O4S/c1-4-6-16-30-20-15-11-10-14-19(20)22(25(30)32)24-26(33)31-23(18-12-8-7-9-13-18)21(27(34)35-5-2)17(3)29-28(31)36-24/h7-15,23H,4-6,16H2,1-3H3/b24-22+/t23-/m0/s1. The maximum Gasteiger partial charge on any atom is 0.338 e. The summed E-state index contributed by atoms with van der Waals surface area (Å²) in [7, 11) is 0. The number of aromatic nitrogens is 1. The van der Waals surface area contributed by atoms with E-state index in [0.29, 0.717) is 32.7 Å². The van der Waals surface area contributed by atoms with Crippen molar-refractivity contribution in [1.29, 1.82) is 0 Å². The minimum Gasteiger partial charge on any atom is -0.463 e. The largest absolute Gasteiger partial charge is 0.463 e. The summed E-state index contributed by atoms with van der Waals surface area (Å²) in [4.78, 5) is 47.5. The minimum absolute atomic E-state index is 0.174. The zero-order chi connectivity index (χ0) is 25.4. The van der Waals surface area contributed by atoms with Crippen molar-refractivity contribution < 1.29 is 14.3 Å². The maximum atomic E-state index is 14.0. The van der Waals surface area contributed by atoms with Crippen molar-refractivity contribution in [2.75, 3.05) is 18.1 Å². The van der Waals surface area contributed by atoms with E-state index in [-0.39, 0.29) is 18.1 Å². The van der Waals surface area contributed by atoms with Crippen LogP contribution in [0.15, 0.2) is 75.7 Å². The molecule has 0 saturated heterocycles. The smallest absolute Gasteiger partial charge is 0.338 e. The second-order valence-electron chi connectivity index (χ2n) is 8.74. The Bertz CT molecular complexity index is 1570. The van der Waals surface area contributed by atoms with Crippen LogP contribution in [-0.2, 0) is 14.3 Å². The number of benzene rings is 2. The zero-order valence-corrected chi connectivity index (χ0v) is 21.3. The number of para-hydroxylation sites is 1. The lowest BCUT2D eigenvalue weighted by Crippen LogP contribution is -2.41. The number of hydrogen-bond acceptors (Lipinski definition) is 6. The normalized spacial score (nSPS) is 18.1. The van der Waals surface area contributed by atoms with Crippen molar-refractivity contribution in [1.82, 2.24) is 4.57 Å². The van der Waals surface area contributed by atoms with Gasteiger partial charge in [-0.3, -0.25) is 14.2 Å². The van der Waals surface area contributed by atoms with E-state index in [1.54, 1.807) is 18.7 Å². The molecular weight excluding hydrogens is 474 g/mol. The number of fused-ring (bicyclic) bond motifs is 2. The molecule has 7 nitrogen and oxygen atoms in total. The Morgan fingerprint density at radius 1 is 1.06 bits per heavy atom. The second-order valence-corrected chi connectivity index (χ2v) is 9.71. The molecule has 0 N–H and O–H groups in total. The molecule has 0 saturated carbocycles. The van der Waals surface area contributed by atoms with Crippen molar-refractivity contribution in [2.24, 2.45) is 4.99 Å². The summed E-state index contributed by atoms with van der Waals surface area (Å²) in [6.07, 6.45) is 1.82. The van der Waals surface area contributed by atoms with Gasteiger partial charge in [-0.1, -0.05) is 73.2 Å². The van der Waals surface area contributed by atoms with Crippen molar-refractivity contribution in [3.8, 4) is 0 Å². The van der Waals surface area contributed by atoms with Crippen molar-refractivity contribution in [2.45, 2.75) is 39.7 Å². The first kappa shape index (κ1) is 23.9. The number of carbonyl (C=O) groups is 2. The number of allylic oxidation sites excluding steroid dienone is 1. The molecule has 2 aliphatic rings. The number of unbranched alkanes of at least 4 members (excludes halogenated alkanes) is 1. The van der Waals surface area contributed by atoms with E-state index in [1.807, 2.05) is 54.6 Å². The fourth-order valence-electron chi connectivity index (χ4n) is 4.83. The predicted octanol–water partition coefficient (Wildman–Crippen LogP) is 3.32. The molecule has 3 aromatic rings. The monoisotopic (exact) mass is 501 g/mol. The lowest BCUT2D eigenvalue weighted by Gasteiger charge is -2.24. The SMILES string of the molecule is CCCCN1C(=O)/C(=c2/sc3n(c2=O)[C@@H](c2ccccc2)C(C(=O)OCC)=C(C)N=3)c2ccccc21. The average Bonchev–Trinajstić information content (AvgIpc) is 3.34. The third kappa shape index (κ3) is 3.82. The van der Waals surface area contributed by atoms with Crippen LogP contribution in [0.3, 0.4) is 0 Å². The number of amides is 1. The number of carbonyl (C=O) groups excluding carboxylic acids is 2. The van der Waals surface area contributed by atoms with Crippen molar-refractivity contribution in [3.05, 3.63) is 96.7 Å². The number of hydrogen-bond donors (Lipinski definition) is 0. The lowest BCUT2D eigenvalue weighted by atomic mass is 9.96. The topological polar surface area (TPSA) is 81.0 Å². The highest BCUT2D eigenvalue weighted by Gasteiger charge is 2.37. The van der Waals surface area contributed by atoms with Gasteiger partial charge in [0.25, 0.3) is 11.5 Å². The van der Waals surface area contributed by atoms with Crippen LogP contribution in [0.25, 0.3) is 5.57 Å². The maximum absolute atomic E-state index is 14.0. The van der Waals surface area contributed by atoms with Gasteiger partial charge in [-0.25, -0.2) is 9.79 Å². The van der Waals surface area contributed by atoms with Gasteiger partial charge in [0.05, 0.1) is 35.2 Å². The first-order chi connectivity index (χ1) is 17.5. The van der Waals surface area contributed by atoms with Gasteiger partial charge in [-0.15, -0.1) is 0 Å². The minimum atomic E-state index is -0.696. The molecule has 3 heterocycles. The van der Waals surface area contributed by atoms with Crippen molar-refractivity contribution in [3.63, 3.8) is 0 Å². The lowest BCUT2D eigenvalue weighted by molar-refractivity contribution is -0.139. The Morgan fingerprint density at radius 3 is 2.50 bits per heavy atom. The van der Waals surface area contributed by atoms with Crippen LogP contribution in [-0.4, -0.2) is 29.6 Å². The van der Waals surface area contributed by atoms with E-state index in [1.165, 1.54) is 15.9 Å². The summed E-state index contributed by atoms with van der Waals surface area (Å²) in [6.45, 7) is 6.39. The highest BCUT2D eigenvalue weighted by Crippen LogP contribution is 2.35. The molecular formula is C28H27N3O4S. The van der Waals surface area contributed by atoms with Gasteiger partial charge >= 0.3 is 5.97 Å². The molecule has 2 aliphatic heterocycles. The number of anilines is 1.